The van der Waals surface area contributed by atoms with Gasteiger partial charge >= 0.3 is 11.9 Å². The number of carbonyl (C=O) groups is 2. The van der Waals surface area contributed by atoms with Gasteiger partial charge in [0.2, 0.25) is 0 Å². The predicted molar refractivity (Wildman–Crippen MR) is 111 cm³/mol. The van der Waals surface area contributed by atoms with Gasteiger partial charge in [0.05, 0.1) is 19.3 Å². The molecule has 3 rings (SSSR count). The average Bonchev–Trinajstić information content (AvgIpc) is 3.20. The second-order valence-corrected chi connectivity index (χ2v) is 7.25. The number of hydrogen-bond donors (Lipinski definition) is 0. The van der Waals surface area contributed by atoms with Crippen molar-refractivity contribution < 1.29 is 33.3 Å². The molecule has 32 heavy (non-hydrogen) atoms. The number of benzene rings is 1. The Kier molecular flexibility index (Phi) is 8.34. The van der Waals surface area contributed by atoms with Crippen molar-refractivity contribution in [2.75, 3.05) is 13.2 Å². The fourth-order valence-corrected chi connectivity index (χ4v) is 2.92. The smallest absolute Gasteiger partial charge is 0.303 e. The molecule has 0 fully saturated rings. The van der Waals surface area contributed by atoms with Crippen LogP contribution >= 0.6 is 0 Å². The number of rotatable bonds is 10. The highest BCUT2D eigenvalue weighted by Crippen LogP contribution is 2.18. The maximum absolute atomic E-state index is 11.3. The normalized spacial score (nSPS) is 20.0. The molecule has 0 radical (unpaired) electrons. The molecule has 10 nitrogen and oxygen atoms in total. The molecule has 0 amide bonds. The molecule has 0 N–H and O–H groups in total. The van der Waals surface area contributed by atoms with Crippen molar-refractivity contribution in [2.24, 2.45) is 0 Å². The third kappa shape index (κ3) is 7.47. The van der Waals surface area contributed by atoms with E-state index in [1.807, 2.05) is 31.2 Å². The second kappa shape index (κ2) is 11.4. The number of aryl methyl sites for hydroxylation is 1. The van der Waals surface area contributed by atoms with Crippen LogP contribution < -0.4 is 4.74 Å². The molecule has 1 aromatic heterocycles. The van der Waals surface area contributed by atoms with Crippen LogP contribution in [0.2, 0.25) is 0 Å². The maximum Gasteiger partial charge on any atom is 0.303 e. The topological polar surface area (TPSA) is 111 Å². The zero-order valence-corrected chi connectivity index (χ0v) is 18.3. The van der Waals surface area contributed by atoms with E-state index >= 15 is 0 Å². The van der Waals surface area contributed by atoms with Gasteiger partial charge in [0.25, 0.3) is 0 Å². The number of hydrogen-bond acceptors (Lipinski definition) is 9. The minimum atomic E-state index is -0.671. The SMILES string of the molecule is CC(=O)OC[C@H]1O[C@H](OCCn2cc(COc3ccc(C)cc3)nn2)C=C[C@@H]1OC(C)=O. The molecule has 0 spiro atoms. The number of carbonyl (C=O) groups excluding carboxylic acids is 2. The summed E-state index contributed by atoms with van der Waals surface area (Å²) in [6.07, 6.45) is 3.12. The van der Waals surface area contributed by atoms with Gasteiger partial charge in [-0.2, -0.15) is 0 Å². The summed E-state index contributed by atoms with van der Waals surface area (Å²) in [5.41, 5.74) is 1.87. The minimum absolute atomic E-state index is 0.0507. The van der Waals surface area contributed by atoms with E-state index in [1.54, 1.807) is 23.0 Å². The summed E-state index contributed by atoms with van der Waals surface area (Å²) in [6, 6.07) is 7.78. The summed E-state index contributed by atoms with van der Waals surface area (Å²) >= 11 is 0. The molecule has 1 aliphatic rings. The monoisotopic (exact) mass is 445 g/mol. The predicted octanol–water partition coefficient (Wildman–Crippen LogP) is 1.96. The number of ether oxygens (including phenoxy) is 5. The average molecular weight is 445 g/mol. The Labute approximate surface area is 186 Å². The summed E-state index contributed by atoms with van der Waals surface area (Å²) in [7, 11) is 0. The molecule has 2 aromatic rings. The number of aromatic nitrogens is 3. The Morgan fingerprint density at radius 1 is 1.12 bits per heavy atom. The highest BCUT2D eigenvalue weighted by atomic mass is 16.7. The molecule has 0 aliphatic carbocycles. The lowest BCUT2D eigenvalue weighted by atomic mass is 10.1. The van der Waals surface area contributed by atoms with Crippen LogP contribution in [0, 0.1) is 6.92 Å². The van der Waals surface area contributed by atoms with Crippen molar-refractivity contribution in [3.8, 4) is 5.75 Å². The molecule has 0 saturated heterocycles. The molecule has 172 valence electrons. The van der Waals surface area contributed by atoms with Crippen molar-refractivity contribution in [3.63, 3.8) is 0 Å². The molecular weight excluding hydrogens is 418 g/mol. The lowest BCUT2D eigenvalue weighted by molar-refractivity contribution is -0.197. The van der Waals surface area contributed by atoms with Crippen LogP contribution in [0.5, 0.6) is 5.75 Å². The van der Waals surface area contributed by atoms with Crippen molar-refractivity contribution in [1.29, 1.82) is 0 Å². The molecule has 0 bridgehead atoms. The maximum atomic E-state index is 11.3. The minimum Gasteiger partial charge on any atom is -0.487 e. The molecule has 0 unspecified atom stereocenters. The molecule has 3 atom stereocenters. The Morgan fingerprint density at radius 2 is 1.91 bits per heavy atom. The zero-order valence-electron chi connectivity index (χ0n) is 18.3. The molecule has 1 aliphatic heterocycles. The van der Waals surface area contributed by atoms with E-state index in [0.717, 1.165) is 5.75 Å². The van der Waals surface area contributed by atoms with E-state index in [-0.39, 0.29) is 6.61 Å². The molecule has 2 heterocycles. The summed E-state index contributed by atoms with van der Waals surface area (Å²) in [5.74, 6) is -0.135. The molecular formula is C22H27N3O7. The number of esters is 2. The van der Waals surface area contributed by atoms with Gasteiger partial charge in [0.15, 0.2) is 6.29 Å². The highest BCUT2D eigenvalue weighted by molar-refractivity contribution is 5.66. The van der Waals surface area contributed by atoms with Gasteiger partial charge in [0, 0.05) is 13.8 Å². The van der Waals surface area contributed by atoms with Gasteiger partial charge in [-0.15, -0.1) is 5.10 Å². The Morgan fingerprint density at radius 3 is 2.62 bits per heavy atom. The summed E-state index contributed by atoms with van der Waals surface area (Å²) in [5, 5.41) is 8.16. The van der Waals surface area contributed by atoms with Crippen LogP contribution in [0.1, 0.15) is 25.1 Å². The highest BCUT2D eigenvalue weighted by Gasteiger charge is 2.31. The van der Waals surface area contributed by atoms with Crippen LogP contribution in [0.25, 0.3) is 0 Å². The van der Waals surface area contributed by atoms with Crippen LogP contribution in [-0.2, 0) is 41.7 Å². The molecule has 10 heteroatoms. The van der Waals surface area contributed by atoms with E-state index < -0.39 is 30.4 Å². The van der Waals surface area contributed by atoms with Gasteiger partial charge in [-0.1, -0.05) is 22.9 Å². The van der Waals surface area contributed by atoms with E-state index in [4.69, 9.17) is 23.7 Å². The van der Waals surface area contributed by atoms with Crippen molar-refractivity contribution in [1.82, 2.24) is 15.0 Å². The first-order valence-corrected chi connectivity index (χ1v) is 10.2. The third-order valence-corrected chi connectivity index (χ3v) is 4.48. The quantitative estimate of drug-likeness (QED) is 0.400. The summed E-state index contributed by atoms with van der Waals surface area (Å²) in [4.78, 5) is 22.4. The first-order valence-electron chi connectivity index (χ1n) is 10.2. The summed E-state index contributed by atoms with van der Waals surface area (Å²) in [6.45, 7) is 5.63. The lowest BCUT2D eigenvalue weighted by Crippen LogP contribution is -2.42. The van der Waals surface area contributed by atoms with Crippen LogP contribution in [0.3, 0.4) is 0 Å². The first-order chi connectivity index (χ1) is 15.4. The van der Waals surface area contributed by atoms with Gasteiger partial charge in [-0.25, -0.2) is 4.68 Å². The van der Waals surface area contributed by atoms with Gasteiger partial charge in [0.1, 0.15) is 36.9 Å². The van der Waals surface area contributed by atoms with Crippen molar-refractivity contribution in [3.05, 3.63) is 53.9 Å². The van der Waals surface area contributed by atoms with Gasteiger partial charge in [-0.3, -0.25) is 9.59 Å². The fourth-order valence-electron chi connectivity index (χ4n) is 2.92. The second-order valence-electron chi connectivity index (χ2n) is 7.25. The van der Waals surface area contributed by atoms with E-state index in [9.17, 15) is 9.59 Å². The van der Waals surface area contributed by atoms with Crippen molar-refractivity contribution >= 4 is 11.9 Å². The first kappa shape index (κ1) is 23.4. The zero-order chi connectivity index (χ0) is 22.9. The van der Waals surface area contributed by atoms with Gasteiger partial charge < -0.3 is 23.7 Å². The van der Waals surface area contributed by atoms with Crippen LogP contribution in [0.15, 0.2) is 42.6 Å². The van der Waals surface area contributed by atoms with Crippen molar-refractivity contribution in [2.45, 2.75) is 52.4 Å². The van der Waals surface area contributed by atoms with Gasteiger partial charge in [-0.05, 0) is 31.2 Å². The van der Waals surface area contributed by atoms with E-state index in [0.29, 0.717) is 25.5 Å². The Bertz CT molecular complexity index is 926. The van der Waals surface area contributed by atoms with Crippen LogP contribution in [0.4, 0.5) is 0 Å². The summed E-state index contributed by atoms with van der Waals surface area (Å²) < 4.78 is 29.0. The third-order valence-electron chi connectivity index (χ3n) is 4.48. The Hall–Kier alpha value is -3.24. The van der Waals surface area contributed by atoms with Crippen LogP contribution in [-0.4, -0.2) is 58.6 Å². The lowest BCUT2D eigenvalue weighted by Gasteiger charge is -2.31. The van der Waals surface area contributed by atoms with E-state index in [2.05, 4.69) is 10.3 Å². The Balaban J connectivity index is 1.44. The van der Waals surface area contributed by atoms with E-state index in [1.165, 1.54) is 19.4 Å². The molecule has 0 saturated carbocycles. The molecule has 1 aromatic carbocycles. The fraction of sp³-hybridized carbons (Fsp3) is 0.455. The standard InChI is InChI=1S/C22H27N3O7/c1-15-4-6-19(7-5-15)30-13-18-12-25(24-23-18)10-11-28-22-9-8-20(31-17(3)27)21(32-22)14-29-16(2)26/h4-9,12,20-22H,10-11,13-14H2,1-3H3/t20-,21+,22-/m0/s1. The number of nitrogens with zero attached hydrogens (tertiary/aromatic N) is 3. The largest absolute Gasteiger partial charge is 0.487 e.